The van der Waals surface area contributed by atoms with E-state index in [9.17, 15) is 13.6 Å². The molecule has 0 aromatic carbocycles. The summed E-state index contributed by atoms with van der Waals surface area (Å²) in [5.74, 6) is -0.492. The molecule has 0 N–H and O–H groups in total. The molecule has 0 unspecified atom stereocenters. The number of hydrogen-bond donors (Lipinski definition) is 1. The Kier molecular flexibility index (Phi) is 2.67. The summed E-state index contributed by atoms with van der Waals surface area (Å²) in [5.41, 5.74) is 0. The number of halogens is 2. The van der Waals surface area contributed by atoms with E-state index in [-0.39, 0.29) is 6.54 Å². The second-order valence-electron chi connectivity index (χ2n) is 2.11. The van der Waals surface area contributed by atoms with Crippen molar-refractivity contribution in [2.75, 3.05) is 6.54 Å². The van der Waals surface area contributed by atoms with Gasteiger partial charge in [0.1, 0.15) is 0 Å². The van der Waals surface area contributed by atoms with Crippen LogP contribution in [0.3, 0.4) is 0 Å². The standard InChI is InChI=1S/C5H7F2NO2S/c6-5(7)10-8-2-1-3(11)4(8)9/h3,5,11H,1-2H2/t3-/m1/s1. The Labute approximate surface area is 67.7 Å². The molecule has 6 heteroatoms. The highest BCUT2D eigenvalue weighted by molar-refractivity contribution is 7.81. The molecule has 1 rings (SSSR count). The van der Waals surface area contributed by atoms with Gasteiger partial charge in [0.15, 0.2) is 0 Å². The highest BCUT2D eigenvalue weighted by Gasteiger charge is 2.31. The van der Waals surface area contributed by atoms with Crippen LogP contribution in [-0.4, -0.2) is 29.4 Å². The minimum Gasteiger partial charge on any atom is -0.271 e. The second kappa shape index (κ2) is 3.36. The molecule has 1 aliphatic rings. The molecule has 1 heterocycles. The second-order valence-corrected chi connectivity index (χ2v) is 2.73. The van der Waals surface area contributed by atoms with E-state index < -0.39 is 17.8 Å². The van der Waals surface area contributed by atoms with Crippen LogP contribution >= 0.6 is 12.6 Å². The molecule has 0 aliphatic carbocycles. The summed E-state index contributed by atoms with van der Waals surface area (Å²) in [6, 6.07) is 0. The molecule has 0 radical (unpaired) electrons. The first-order valence-electron chi connectivity index (χ1n) is 3.05. The highest BCUT2D eigenvalue weighted by Crippen LogP contribution is 2.17. The number of amides is 1. The molecule has 1 atom stereocenters. The Morgan fingerprint density at radius 3 is 2.73 bits per heavy atom. The summed E-state index contributed by atoms with van der Waals surface area (Å²) >= 11 is 3.85. The summed E-state index contributed by atoms with van der Waals surface area (Å²) < 4.78 is 23.1. The van der Waals surface area contributed by atoms with Crippen LogP contribution in [0.15, 0.2) is 0 Å². The summed E-state index contributed by atoms with van der Waals surface area (Å²) in [6.07, 6.45) is 0.453. The molecule has 11 heavy (non-hydrogen) atoms. The molecule has 0 bridgehead atoms. The Bertz CT molecular complexity index is 167. The number of alkyl halides is 2. The molecule has 0 spiro atoms. The van der Waals surface area contributed by atoms with Crippen LogP contribution in [0.5, 0.6) is 0 Å². The molecule has 3 nitrogen and oxygen atoms in total. The van der Waals surface area contributed by atoms with Gasteiger partial charge in [-0.05, 0) is 6.42 Å². The summed E-state index contributed by atoms with van der Waals surface area (Å²) in [4.78, 5) is 14.7. The third-order valence-corrected chi connectivity index (χ3v) is 1.82. The van der Waals surface area contributed by atoms with Crippen molar-refractivity contribution < 1.29 is 18.4 Å². The van der Waals surface area contributed by atoms with Crippen molar-refractivity contribution in [3.05, 3.63) is 0 Å². The van der Waals surface area contributed by atoms with E-state index in [4.69, 9.17) is 0 Å². The number of hydroxylamine groups is 2. The van der Waals surface area contributed by atoms with E-state index in [0.29, 0.717) is 11.5 Å². The third kappa shape index (κ3) is 2.03. The zero-order chi connectivity index (χ0) is 8.43. The van der Waals surface area contributed by atoms with Crippen LogP contribution in [0.1, 0.15) is 6.42 Å². The topological polar surface area (TPSA) is 29.5 Å². The van der Waals surface area contributed by atoms with Gasteiger partial charge in [-0.2, -0.15) is 21.4 Å². The van der Waals surface area contributed by atoms with Crippen molar-refractivity contribution in [3.63, 3.8) is 0 Å². The number of carbonyl (C=O) groups excluding carboxylic acids is 1. The average molecular weight is 183 g/mol. The monoisotopic (exact) mass is 183 g/mol. The molecule has 1 saturated heterocycles. The lowest BCUT2D eigenvalue weighted by molar-refractivity contribution is -0.266. The predicted molar refractivity (Wildman–Crippen MR) is 36.2 cm³/mol. The number of hydrogen-bond acceptors (Lipinski definition) is 3. The van der Waals surface area contributed by atoms with E-state index >= 15 is 0 Å². The van der Waals surface area contributed by atoms with Crippen molar-refractivity contribution in [1.29, 1.82) is 0 Å². The first-order chi connectivity index (χ1) is 5.11. The van der Waals surface area contributed by atoms with Gasteiger partial charge in [0, 0.05) is 0 Å². The van der Waals surface area contributed by atoms with Crippen LogP contribution in [0, 0.1) is 0 Å². The van der Waals surface area contributed by atoms with Gasteiger partial charge in [-0.3, -0.25) is 4.79 Å². The maximum absolute atomic E-state index is 11.5. The van der Waals surface area contributed by atoms with E-state index in [1.807, 2.05) is 0 Å². The van der Waals surface area contributed by atoms with Crippen LogP contribution in [0.2, 0.25) is 0 Å². The number of thiol groups is 1. The lowest BCUT2D eigenvalue weighted by atomic mass is 10.4. The normalized spacial score (nSPS) is 25.3. The van der Waals surface area contributed by atoms with Gasteiger partial charge in [0.05, 0.1) is 11.8 Å². The van der Waals surface area contributed by atoms with E-state index in [0.717, 1.165) is 0 Å². The zero-order valence-corrected chi connectivity index (χ0v) is 6.43. The Morgan fingerprint density at radius 1 is 1.73 bits per heavy atom. The van der Waals surface area contributed by atoms with Crippen molar-refractivity contribution in [2.45, 2.75) is 18.3 Å². The molecule has 1 fully saturated rings. The maximum atomic E-state index is 11.5. The lowest BCUT2D eigenvalue weighted by Crippen LogP contribution is -2.29. The predicted octanol–water partition coefficient (Wildman–Crippen LogP) is 0.671. The summed E-state index contributed by atoms with van der Waals surface area (Å²) in [7, 11) is 0. The Morgan fingerprint density at radius 2 is 2.36 bits per heavy atom. The SMILES string of the molecule is O=C1[C@H](S)CCN1OC(F)F. The van der Waals surface area contributed by atoms with Gasteiger partial charge >= 0.3 is 6.61 Å². The molecule has 0 saturated carbocycles. The third-order valence-electron chi connectivity index (χ3n) is 1.34. The molecular formula is C5H7F2NO2S. The molecule has 0 aromatic rings. The van der Waals surface area contributed by atoms with Crippen molar-refractivity contribution in [3.8, 4) is 0 Å². The van der Waals surface area contributed by atoms with Gasteiger partial charge in [-0.15, -0.1) is 0 Å². The van der Waals surface area contributed by atoms with Crippen LogP contribution in [0.25, 0.3) is 0 Å². The van der Waals surface area contributed by atoms with Crippen molar-refractivity contribution in [2.24, 2.45) is 0 Å². The average Bonchev–Trinajstić information content (AvgIpc) is 2.18. The number of carbonyl (C=O) groups is 1. The minimum absolute atomic E-state index is 0.192. The fourth-order valence-corrected chi connectivity index (χ4v) is 1.08. The van der Waals surface area contributed by atoms with Crippen molar-refractivity contribution in [1.82, 2.24) is 5.06 Å². The molecule has 0 aromatic heterocycles. The largest absolute Gasteiger partial charge is 0.365 e. The van der Waals surface area contributed by atoms with Crippen LogP contribution in [-0.2, 0) is 9.63 Å². The first kappa shape index (κ1) is 8.73. The molecule has 1 aliphatic heterocycles. The quantitative estimate of drug-likeness (QED) is 0.638. The molecule has 64 valence electrons. The van der Waals surface area contributed by atoms with Crippen LogP contribution in [0.4, 0.5) is 8.78 Å². The van der Waals surface area contributed by atoms with E-state index in [2.05, 4.69) is 17.5 Å². The fourth-order valence-electron chi connectivity index (χ4n) is 0.840. The molecular weight excluding hydrogens is 176 g/mol. The minimum atomic E-state index is -2.93. The molecule has 1 amide bonds. The van der Waals surface area contributed by atoms with Gasteiger partial charge in [0.2, 0.25) is 0 Å². The van der Waals surface area contributed by atoms with E-state index in [1.165, 1.54) is 0 Å². The van der Waals surface area contributed by atoms with Crippen molar-refractivity contribution >= 4 is 18.5 Å². The smallest absolute Gasteiger partial charge is 0.271 e. The summed E-state index contributed by atoms with van der Waals surface area (Å²) in [6.45, 7) is -2.74. The lowest BCUT2D eigenvalue weighted by Gasteiger charge is -2.13. The van der Waals surface area contributed by atoms with Crippen LogP contribution < -0.4 is 0 Å². The number of rotatable bonds is 2. The maximum Gasteiger partial charge on any atom is 0.365 e. The summed E-state index contributed by atoms with van der Waals surface area (Å²) in [5, 5.41) is 0.163. The Hall–Kier alpha value is -0.360. The highest BCUT2D eigenvalue weighted by atomic mass is 32.1. The zero-order valence-electron chi connectivity index (χ0n) is 5.54. The fraction of sp³-hybridized carbons (Fsp3) is 0.800. The van der Waals surface area contributed by atoms with Gasteiger partial charge in [0.25, 0.3) is 5.91 Å². The number of nitrogens with zero attached hydrogens (tertiary/aromatic N) is 1. The van der Waals surface area contributed by atoms with E-state index in [1.54, 1.807) is 0 Å². The van der Waals surface area contributed by atoms with Gasteiger partial charge < -0.3 is 0 Å². The van der Waals surface area contributed by atoms with Gasteiger partial charge in [-0.25, -0.2) is 9.90 Å². The first-order valence-corrected chi connectivity index (χ1v) is 3.57. The Balaban J connectivity index is 2.42. The van der Waals surface area contributed by atoms with Gasteiger partial charge in [-0.1, -0.05) is 0 Å².